The minimum Gasteiger partial charge on any atom is -0.256 e. The van der Waals surface area contributed by atoms with Gasteiger partial charge in [-0.3, -0.25) is 15.0 Å². The molecule has 6 aromatic carbocycles. The van der Waals surface area contributed by atoms with Crippen LogP contribution in [-0.4, -0.2) is 15.0 Å². The monoisotopic (exact) mass is 735 g/mol. The number of nitrogens with zero attached hydrogens (tertiary/aromatic N) is 3. The van der Waals surface area contributed by atoms with Crippen molar-refractivity contribution in [2.45, 2.75) is 20.8 Å². The van der Waals surface area contributed by atoms with E-state index in [2.05, 4.69) is 187 Å². The third kappa shape index (κ3) is 9.36. The summed E-state index contributed by atoms with van der Waals surface area (Å²) in [6.07, 6.45) is 5.53. The molecule has 3 nitrogen and oxygen atoms in total. The molecule has 0 atom stereocenters. The van der Waals surface area contributed by atoms with E-state index in [0.717, 1.165) is 17.1 Å². The minimum absolute atomic E-state index is 1.01. The second-order valence-corrected chi connectivity index (χ2v) is 13.7. The largest absolute Gasteiger partial charge is 0.256 e. The van der Waals surface area contributed by atoms with Gasteiger partial charge in [-0.05, 0) is 101 Å². The lowest BCUT2D eigenvalue weighted by Crippen LogP contribution is -1.92. The predicted octanol–water partition coefficient (Wildman–Crippen LogP) is 14.2. The average Bonchev–Trinajstić information content (AvgIpc) is 3.28. The van der Waals surface area contributed by atoms with Crippen LogP contribution in [0, 0.1) is 20.8 Å². The molecule has 0 N–H and O–H groups in total. The van der Waals surface area contributed by atoms with Gasteiger partial charge in [0, 0.05) is 35.3 Å². The quantitative estimate of drug-likeness (QED) is 0.171. The first-order chi connectivity index (χ1) is 28.1. The van der Waals surface area contributed by atoms with Gasteiger partial charge in [-0.1, -0.05) is 170 Å². The van der Waals surface area contributed by atoms with Crippen LogP contribution < -0.4 is 0 Å². The van der Waals surface area contributed by atoms with Crippen LogP contribution in [0.15, 0.2) is 219 Å². The fraction of sp³-hybridized carbons (Fsp3) is 0.0556. The van der Waals surface area contributed by atoms with Gasteiger partial charge in [0.25, 0.3) is 0 Å². The lowest BCUT2D eigenvalue weighted by molar-refractivity contribution is 1.27. The Balaban J connectivity index is 0.000000131. The number of pyridine rings is 3. The van der Waals surface area contributed by atoms with Gasteiger partial charge >= 0.3 is 0 Å². The molecule has 0 saturated heterocycles. The molecule has 0 spiro atoms. The van der Waals surface area contributed by atoms with Crippen LogP contribution in [0.1, 0.15) is 16.7 Å². The van der Waals surface area contributed by atoms with Gasteiger partial charge in [0.2, 0.25) is 0 Å². The Morgan fingerprint density at radius 2 is 0.649 bits per heavy atom. The van der Waals surface area contributed by atoms with Crippen LogP contribution >= 0.6 is 0 Å². The van der Waals surface area contributed by atoms with Crippen molar-refractivity contribution < 1.29 is 0 Å². The summed E-state index contributed by atoms with van der Waals surface area (Å²) in [6, 6.07) is 68.7. The lowest BCUT2D eigenvalue weighted by Gasteiger charge is -2.14. The summed E-state index contributed by atoms with van der Waals surface area (Å²) in [6.45, 7) is 6.43. The fourth-order valence-electron chi connectivity index (χ4n) is 7.11. The first-order valence-corrected chi connectivity index (χ1v) is 19.3. The first kappa shape index (κ1) is 38.1. The van der Waals surface area contributed by atoms with Crippen LogP contribution in [0.3, 0.4) is 0 Å². The lowest BCUT2D eigenvalue weighted by atomic mass is 9.91. The van der Waals surface area contributed by atoms with Crippen molar-refractivity contribution in [1.29, 1.82) is 0 Å². The highest BCUT2D eigenvalue weighted by molar-refractivity contribution is 5.85. The Bertz CT molecular complexity index is 2560. The molecule has 57 heavy (non-hydrogen) atoms. The summed E-state index contributed by atoms with van der Waals surface area (Å²) in [5.41, 5.74) is 17.9. The molecule has 0 saturated carbocycles. The van der Waals surface area contributed by atoms with Crippen molar-refractivity contribution in [3.63, 3.8) is 0 Å². The van der Waals surface area contributed by atoms with Crippen LogP contribution in [-0.2, 0) is 0 Å². The number of rotatable bonds is 6. The molecule has 0 radical (unpaired) electrons. The molecule has 0 aliphatic rings. The van der Waals surface area contributed by atoms with Crippen molar-refractivity contribution in [2.24, 2.45) is 0 Å². The molecule has 276 valence electrons. The van der Waals surface area contributed by atoms with Crippen LogP contribution in [0.25, 0.3) is 67.2 Å². The smallest absolute Gasteiger partial charge is 0.0737 e. The molecule has 9 rings (SSSR count). The molecule has 3 aromatic heterocycles. The highest BCUT2D eigenvalue weighted by Gasteiger charge is 2.12. The Kier molecular flexibility index (Phi) is 12.6. The molecule has 0 aliphatic heterocycles. The number of aryl methyl sites for hydroxylation is 3. The third-order valence-corrected chi connectivity index (χ3v) is 9.85. The zero-order chi connectivity index (χ0) is 39.2. The van der Waals surface area contributed by atoms with E-state index in [1.165, 1.54) is 66.8 Å². The number of hydrogen-bond acceptors (Lipinski definition) is 3. The molecule has 3 heterocycles. The van der Waals surface area contributed by atoms with Gasteiger partial charge in [0.1, 0.15) is 0 Å². The summed E-state index contributed by atoms with van der Waals surface area (Å²) < 4.78 is 0. The van der Waals surface area contributed by atoms with Crippen LogP contribution in [0.2, 0.25) is 0 Å². The first-order valence-electron chi connectivity index (χ1n) is 19.3. The minimum atomic E-state index is 1.01. The maximum absolute atomic E-state index is 4.53. The van der Waals surface area contributed by atoms with E-state index in [1.807, 2.05) is 67.1 Å². The van der Waals surface area contributed by atoms with Gasteiger partial charge in [0.15, 0.2) is 0 Å². The molecule has 9 aromatic rings. The molecule has 0 bridgehead atoms. The van der Waals surface area contributed by atoms with Crippen molar-refractivity contribution >= 4 is 0 Å². The second kappa shape index (κ2) is 18.9. The number of hydrogen-bond donors (Lipinski definition) is 0. The van der Waals surface area contributed by atoms with E-state index >= 15 is 0 Å². The van der Waals surface area contributed by atoms with Gasteiger partial charge < -0.3 is 0 Å². The van der Waals surface area contributed by atoms with Crippen molar-refractivity contribution in [2.75, 3.05) is 0 Å². The maximum atomic E-state index is 4.53. The molecular weight excluding hydrogens is 691 g/mol. The molecule has 0 unspecified atom stereocenters. The summed E-state index contributed by atoms with van der Waals surface area (Å²) in [7, 11) is 0. The van der Waals surface area contributed by atoms with Gasteiger partial charge in [-0.15, -0.1) is 0 Å². The van der Waals surface area contributed by atoms with Crippen molar-refractivity contribution in [3.8, 4) is 67.2 Å². The average molecular weight is 736 g/mol. The molecular formula is C54H45N3. The van der Waals surface area contributed by atoms with Crippen LogP contribution in [0.5, 0.6) is 0 Å². The maximum Gasteiger partial charge on any atom is 0.0737 e. The van der Waals surface area contributed by atoms with Gasteiger partial charge in [-0.25, -0.2) is 0 Å². The molecule has 3 heteroatoms. The van der Waals surface area contributed by atoms with Crippen molar-refractivity contribution in [3.05, 3.63) is 235 Å². The standard InChI is InChI=1S/C19H17N.C18H15N.C17H13N/c1-14-8-7-9-15(2)19(14)17-11-4-3-10-16(17)18-12-5-6-13-20-18;1-14-8-7-13-19-18(14)17-12-6-5-11-16(17)15-9-3-2-4-10-15;1-2-8-14(9-3-1)15-10-4-5-11-16(15)17-12-6-7-13-18-17/h3-13H,1-2H3;2-13H,1H3;1-13H. The zero-order valence-corrected chi connectivity index (χ0v) is 32.6. The summed E-state index contributed by atoms with van der Waals surface area (Å²) in [5.74, 6) is 0. The highest BCUT2D eigenvalue weighted by Crippen LogP contribution is 2.35. The summed E-state index contributed by atoms with van der Waals surface area (Å²) in [5, 5.41) is 0. The predicted molar refractivity (Wildman–Crippen MR) is 240 cm³/mol. The zero-order valence-electron chi connectivity index (χ0n) is 32.6. The molecule has 0 amide bonds. The fourth-order valence-corrected chi connectivity index (χ4v) is 7.11. The van der Waals surface area contributed by atoms with Crippen molar-refractivity contribution in [1.82, 2.24) is 15.0 Å². The van der Waals surface area contributed by atoms with E-state index in [4.69, 9.17) is 0 Å². The second-order valence-electron chi connectivity index (χ2n) is 13.7. The van der Waals surface area contributed by atoms with E-state index in [1.54, 1.807) is 0 Å². The highest BCUT2D eigenvalue weighted by atomic mass is 14.7. The number of benzene rings is 6. The SMILES string of the molecule is Cc1cccc(C)c1-c1ccccc1-c1ccccn1.Cc1cccnc1-c1ccccc1-c1ccccc1.c1ccc(-c2ccccc2-c2ccccn2)cc1. The summed E-state index contributed by atoms with van der Waals surface area (Å²) in [4.78, 5) is 13.5. The Hall–Kier alpha value is -7.23. The molecule has 0 fully saturated rings. The van der Waals surface area contributed by atoms with Gasteiger partial charge in [-0.2, -0.15) is 0 Å². The Labute approximate surface area is 337 Å². The normalized spacial score (nSPS) is 10.4. The Morgan fingerprint density at radius 1 is 0.263 bits per heavy atom. The van der Waals surface area contributed by atoms with E-state index in [-0.39, 0.29) is 0 Å². The van der Waals surface area contributed by atoms with E-state index in [9.17, 15) is 0 Å². The topological polar surface area (TPSA) is 38.7 Å². The van der Waals surface area contributed by atoms with Crippen LogP contribution in [0.4, 0.5) is 0 Å². The third-order valence-electron chi connectivity index (χ3n) is 9.85. The van der Waals surface area contributed by atoms with E-state index < -0.39 is 0 Å². The van der Waals surface area contributed by atoms with Gasteiger partial charge in [0.05, 0.1) is 17.1 Å². The Morgan fingerprint density at radius 3 is 1.14 bits per heavy atom. The van der Waals surface area contributed by atoms with E-state index in [0.29, 0.717) is 0 Å². The molecule has 0 aliphatic carbocycles. The number of aromatic nitrogens is 3. The summed E-state index contributed by atoms with van der Waals surface area (Å²) >= 11 is 0.